The molecule has 0 aliphatic heterocycles. The Labute approximate surface area is 233 Å². The summed E-state index contributed by atoms with van der Waals surface area (Å²) >= 11 is 0. The van der Waals surface area contributed by atoms with Crippen LogP contribution in [0.5, 0.6) is 11.5 Å². The fraction of sp³-hybridized carbons (Fsp3) is 0. The molecule has 0 spiro atoms. The number of fused-ring (bicyclic) bond motifs is 12. The second-order valence-electron chi connectivity index (χ2n) is 10.1. The minimum atomic E-state index is 0.735. The Kier molecular flexibility index (Phi) is 4.48. The molecule has 0 amide bonds. The lowest BCUT2D eigenvalue weighted by atomic mass is 10.1. The molecule has 0 saturated carbocycles. The van der Waals surface area contributed by atoms with E-state index >= 15 is 0 Å². The topological polar surface area (TPSA) is 69.6 Å². The maximum absolute atomic E-state index is 6.44. The lowest BCUT2D eigenvalue weighted by molar-refractivity contribution is 0.484. The van der Waals surface area contributed by atoms with Crippen LogP contribution in [0.25, 0.3) is 66.0 Å². The quantitative estimate of drug-likeness (QED) is 0.219. The number of ether oxygens (including phenoxy) is 1. The molecule has 3 aromatic carbocycles. The molecule has 0 aliphatic carbocycles. The fourth-order valence-electron chi connectivity index (χ4n) is 5.94. The minimum Gasteiger partial charge on any atom is -0.457 e. The van der Waals surface area contributed by atoms with Crippen LogP contribution in [0.1, 0.15) is 0 Å². The summed E-state index contributed by atoms with van der Waals surface area (Å²) in [6.07, 6.45) is 11.3. The lowest BCUT2D eigenvalue weighted by Gasteiger charge is -2.13. The Morgan fingerprint density at radius 3 is 2.00 bits per heavy atom. The van der Waals surface area contributed by atoms with Gasteiger partial charge in [0.1, 0.15) is 28.4 Å². The highest BCUT2D eigenvalue weighted by molar-refractivity contribution is 6.12. The largest absolute Gasteiger partial charge is 0.457 e. The van der Waals surface area contributed by atoms with E-state index in [1.165, 1.54) is 0 Å². The van der Waals surface area contributed by atoms with Crippen LogP contribution in [0.2, 0.25) is 0 Å². The van der Waals surface area contributed by atoms with Crippen molar-refractivity contribution in [3.05, 3.63) is 122 Å². The molecule has 7 heteroatoms. The third kappa shape index (κ3) is 3.26. The van der Waals surface area contributed by atoms with Crippen molar-refractivity contribution < 1.29 is 4.74 Å². The van der Waals surface area contributed by atoms with Gasteiger partial charge in [-0.2, -0.15) is 0 Å². The SMILES string of the molecule is c1ccc(-c2ccc3c4ccc(Oc5ccc6c7ccncc7n7ccnc7c6c5)cc4c4nccn4c3n2)cc1. The van der Waals surface area contributed by atoms with Crippen LogP contribution in [0, 0.1) is 0 Å². The molecular formula is C34H20N6O. The molecule has 0 N–H and O–H groups in total. The maximum Gasteiger partial charge on any atom is 0.146 e. The number of hydrogen-bond acceptors (Lipinski definition) is 5. The zero-order valence-corrected chi connectivity index (χ0v) is 21.6. The number of pyridine rings is 4. The molecule has 0 bridgehead atoms. The predicted octanol–water partition coefficient (Wildman–Crippen LogP) is 7.84. The van der Waals surface area contributed by atoms with E-state index in [1.54, 1.807) is 0 Å². The number of aromatic nitrogens is 6. The molecule has 0 radical (unpaired) electrons. The molecule has 6 aromatic heterocycles. The van der Waals surface area contributed by atoms with Gasteiger partial charge in [-0.25, -0.2) is 15.0 Å². The summed E-state index contributed by atoms with van der Waals surface area (Å²) in [5.74, 6) is 1.48. The van der Waals surface area contributed by atoms with Crippen LogP contribution in [0.4, 0.5) is 0 Å². The van der Waals surface area contributed by atoms with E-state index in [1.807, 2.05) is 73.6 Å². The van der Waals surface area contributed by atoms with Crippen LogP contribution in [0.15, 0.2) is 122 Å². The minimum absolute atomic E-state index is 0.735. The van der Waals surface area contributed by atoms with E-state index in [-0.39, 0.29) is 0 Å². The lowest BCUT2D eigenvalue weighted by Crippen LogP contribution is -1.95. The van der Waals surface area contributed by atoms with Crippen molar-refractivity contribution in [1.82, 2.24) is 28.7 Å². The number of rotatable bonds is 3. The number of nitrogens with zero attached hydrogens (tertiary/aromatic N) is 6. The van der Waals surface area contributed by atoms with Crippen LogP contribution in [-0.2, 0) is 0 Å². The Hall–Kier alpha value is -5.82. The summed E-state index contributed by atoms with van der Waals surface area (Å²) in [7, 11) is 0. The first kappa shape index (κ1) is 22.0. The van der Waals surface area contributed by atoms with Crippen molar-refractivity contribution >= 4 is 54.8 Å². The van der Waals surface area contributed by atoms with Gasteiger partial charge in [0.25, 0.3) is 0 Å². The zero-order valence-electron chi connectivity index (χ0n) is 21.6. The van der Waals surface area contributed by atoms with E-state index in [0.717, 1.165) is 77.5 Å². The van der Waals surface area contributed by atoms with Crippen molar-refractivity contribution in [3.8, 4) is 22.8 Å². The Balaban J connectivity index is 1.18. The summed E-state index contributed by atoms with van der Waals surface area (Å²) in [4.78, 5) is 18.7. The fourth-order valence-corrected chi connectivity index (χ4v) is 5.94. The first-order valence-corrected chi connectivity index (χ1v) is 13.4. The van der Waals surface area contributed by atoms with Gasteiger partial charge in [0.05, 0.1) is 17.4 Å². The van der Waals surface area contributed by atoms with Crippen molar-refractivity contribution in [2.75, 3.05) is 0 Å². The van der Waals surface area contributed by atoms with Gasteiger partial charge in [-0.15, -0.1) is 0 Å². The molecule has 6 heterocycles. The van der Waals surface area contributed by atoms with Gasteiger partial charge in [0.2, 0.25) is 0 Å². The Bertz CT molecular complexity index is 2460. The molecule has 192 valence electrons. The highest BCUT2D eigenvalue weighted by Gasteiger charge is 2.14. The third-order valence-electron chi connectivity index (χ3n) is 7.79. The van der Waals surface area contributed by atoms with Gasteiger partial charge < -0.3 is 4.74 Å². The molecule has 0 unspecified atom stereocenters. The van der Waals surface area contributed by atoms with Crippen molar-refractivity contribution in [2.24, 2.45) is 0 Å². The summed E-state index contributed by atoms with van der Waals surface area (Å²) in [5.41, 5.74) is 5.63. The van der Waals surface area contributed by atoms with Crippen molar-refractivity contribution in [2.45, 2.75) is 0 Å². The molecular weight excluding hydrogens is 508 g/mol. The highest BCUT2D eigenvalue weighted by atomic mass is 16.5. The van der Waals surface area contributed by atoms with E-state index in [9.17, 15) is 0 Å². The van der Waals surface area contributed by atoms with Gasteiger partial charge in [0, 0.05) is 58.1 Å². The predicted molar refractivity (Wildman–Crippen MR) is 162 cm³/mol. The summed E-state index contributed by atoms with van der Waals surface area (Å²) < 4.78 is 10.6. The molecule has 41 heavy (non-hydrogen) atoms. The average molecular weight is 529 g/mol. The van der Waals surface area contributed by atoms with Gasteiger partial charge in [0.15, 0.2) is 0 Å². The maximum atomic E-state index is 6.44. The second-order valence-corrected chi connectivity index (χ2v) is 10.1. The molecule has 0 atom stereocenters. The molecule has 7 nitrogen and oxygen atoms in total. The van der Waals surface area contributed by atoms with Gasteiger partial charge in [-0.3, -0.25) is 13.8 Å². The summed E-state index contributed by atoms with van der Waals surface area (Å²) in [5, 5.41) is 6.40. The average Bonchev–Trinajstić information content (AvgIpc) is 3.73. The summed E-state index contributed by atoms with van der Waals surface area (Å²) in [6.45, 7) is 0. The van der Waals surface area contributed by atoms with Gasteiger partial charge in [-0.1, -0.05) is 30.3 Å². The molecule has 9 rings (SSSR count). The van der Waals surface area contributed by atoms with E-state index in [0.29, 0.717) is 0 Å². The molecule has 0 fully saturated rings. The van der Waals surface area contributed by atoms with Crippen LogP contribution < -0.4 is 4.74 Å². The second kappa shape index (κ2) is 8.34. The zero-order chi connectivity index (χ0) is 26.9. The van der Waals surface area contributed by atoms with Crippen LogP contribution in [-0.4, -0.2) is 28.7 Å². The highest BCUT2D eigenvalue weighted by Crippen LogP contribution is 2.36. The van der Waals surface area contributed by atoms with Crippen LogP contribution in [0.3, 0.4) is 0 Å². The summed E-state index contributed by atoms with van der Waals surface area (Å²) in [6, 6.07) is 28.8. The molecule has 0 saturated heterocycles. The standard InChI is InChI=1S/C34H20N6O/c1-2-4-21(5-3-1)30-11-10-27-25-9-7-23(19-29(25)33-37-15-17-40(33)34(27)38-30)41-22-6-8-24-26-12-13-35-20-31(26)39-16-14-36-32(39)28(24)18-22/h1-20H. The first-order valence-electron chi connectivity index (χ1n) is 13.4. The van der Waals surface area contributed by atoms with E-state index < -0.39 is 0 Å². The molecule has 9 aromatic rings. The van der Waals surface area contributed by atoms with Crippen molar-refractivity contribution in [1.29, 1.82) is 0 Å². The Morgan fingerprint density at radius 1 is 0.537 bits per heavy atom. The third-order valence-corrected chi connectivity index (χ3v) is 7.79. The monoisotopic (exact) mass is 528 g/mol. The van der Waals surface area contributed by atoms with E-state index in [2.05, 4.69) is 67.3 Å². The van der Waals surface area contributed by atoms with E-state index in [4.69, 9.17) is 14.7 Å². The van der Waals surface area contributed by atoms with Gasteiger partial charge in [-0.05, 0) is 65.4 Å². The normalized spacial score (nSPS) is 11.9. The molecule has 0 aliphatic rings. The number of imidazole rings is 2. The first-order chi connectivity index (χ1) is 20.3. The van der Waals surface area contributed by atoms with Gasteiger partial charge >= 0.3 is 0 Å². The number of benzene rings is 3. The Morgan fingerprint density at radius 2 is 1.22 bits per heavy atom. The smallest absolute Gasteiger partial charge is 0.146 e. The number of hydrogen-bond donors (Lipinski definition) is 0. The van der Waals surface area contributed by atoms with Crippen LogP contribution >= 0.6 is 0 Å². The van der Waals surface area contributed by atoms with Crippen molar-refractivity contribution in [3.63, 3.8) is 0 Å².